The molecule has 2 N–H and O–H groups in total. The maximum atomic E-state index is 11.9. The first-order valence-electron chi connectivity index (χ1n) is 6.09. The van der Waals surface area contributed by atoms with E-state index in [0.29, 0.717) is 13.2 Å². The molecule has 1 saturated heterocycles. The number of amides is 3. The third kappa shape index (κ3) is 4.40. The highest BCUT2D eigenvalue weighted by atomic mass is 16.5. The summed E-state index contributed by atoms with van der Waals surface area (Å²) >= 11 is 0. The smallest absolute Gasteiger partial charge is 0.325 e. The second kappa shape index (κ2) is 7.57. The highest BCUT2D eigenvalue weighted by molar-refractivity contribution is 5.88. The minimum Gasteiger partial charge on any atom is -0.465 e. The molecule has 1 aliphatic rings. The number of carbonyl (C=O) groups excluding carboxylic acids is 3. The number of rotatable bonds is 4. The lowest BCUT2D eigenvalue weighted by Crippen LogP contribution is -2.58. The van der Waals surface area contributed by atoms with Crippen molar-refractivity contribution in [1.82, 2.24) is 15.5 Å². The number of hydrogen-bond donors (Lipinski definition) is 2. The van der Waals surface area contributed by atoms with Crippen molar-refractivity contribution in [2.45, 2.75) is 13.0 Å². The van der Waals surface area contributed by atoms with E-state index in [1.165, 1.54) is 11.9 Å². The van der Waals surface area contributed by atoms with Crippen LogP contribution in [0.1, 0.15) is 6.92 Å². The van der Waals surface area contributed by atoms with E-state index in [4.69, 9.17) is 9.47 Å². The average Bonchev–Trinajstić information content (AvgIpc) is 2.44. The summed E-state index contributed by atoms with van der Waals surface area (Å²) in [4.78, 5) is 36.0. The minimum absolute atomic E-state index is 0.145. The Morgan fingerprint density at radius 3 is 2.79 bits per heavy atom. The lowest BCUT2D eigenvalue weighted by atomic mass is 10.2. The van der Waals surface area contributed by atoms with Gasteiger partial charge in [-0.25, -0.2) is 4.79 Å². The van der Waals surface area contributed by atoms with Gasteiger partial charge in [-0.1, -0.05) is 0 Å². The molecule has 1 atom stereocenters. The van der Waals surface area contributed by atoms with E-state index in [2.05, 4.69) is 10.6 Å². The van der Waals surface area contributed by atoms with Crippen molar-refractivity contribution in [3.05, 3.63) is 0 Å². The Balaban J connectivity index is 2.52. The molecule has 1 aliphatic heterocycles. The molecule has 108 valence electrons. The number of hydrogen-bond acceptors (Lipinski definition) is 5. The molecule has 1 unspecified atom stereocenters. The molecule has 8 nitrogen and oxygen atoms in total. The van der Waals surface area contributed by atoms with Crippen LogP contribution in [0.5, 0.6) is 0 Å². The zero-order chi connectivity index (χ0) is 14.3. The monoisotopic (exact) mass is 273 g/mol. The molecule has 0 aromatic carbocycles. The summed E-state index contributed by atoms with van der Waals surface area (Å²) in [5.74, 6) is -0.813. The van der Waals surface area contributed by atoms with Gasteiger partial charge in [0.05, 0.1) is 19.8 Å². The van der Waals surface area contributed by atoms with Crippen LogP contribution in [0, 0.1) is 0 Å². The highest BCUT2D eigenvalue weighted by Crippen LogP contribution is 2.07. The standard InChI is InChI=1S/C11H19N3O5/c1-3-19-9(15)6-13-11(17)14-4-5-18-7-8(14)10(16)12-2/h8H,3-7H2,1-2H3,(H,12,16)(H,13,17). The number of likely N-dealkylation sites (N-methyl/N-ethyl adjacent to an activating group) is 1. The zero-order valence-electron chi connectivity index (χ0n) is 11.1. The Bertz CT molecular complexity index is 347. The van der Waals surface area contributed by atoms with Gasteiger partial charge in [0.1, 0.15) is 12.6 Å². The van der Waals surface area contributed by atoms with E-state index < -0.39 is 18.0 Å². The highest BCUT2D eigenvalue weighted by Gasteiger charge is 2.32. The molecule has 0 aromatic rings. The van der Waals surface area contributed by atoms with Gasteiger partial charge in [-0.3, -0.25) is 9.59 Å². The fourth-order valence-corrected chi connectivity index (χ4v) is 1.69. The number of ether oxygens (including phenoxy) is 2. The van der Waals surface area contributed by atoms with Crippen molar-refractivity contribution >= 4 is 17.9 Å². The van der Waals surface area contributed by atoms with Crippen molar-refractivity contribution in [3.63, 3.8) is 0 Å². The topological polar surface area (TPSA) is 97.0 Å². The van der Waals surface area contributed by atoms with Crippen molar-refractivity contribution in [3.8, 4) is 0 Å². The van der Waals surface area contributed by atoms with Crippen molar-refractivity contribution in [1.29, 1.82) is 0 Å². The van der Waals surface area contributed by atoms with E-state index in [1.807, 2.05) is 0 Å². The molecule has 1 fully saturated rings. The summed E-state index contributed by atoms with van der Waals surface area (Å²) in [5.41, 5.74) is 0. The summed E-state index contributed by atoms with van der Waals surface area (Å²) in [6, 6.07) is -1.16. The lowest BCUT2D eigenvalue weighted by Gasteiger charge is -2.34. The van der Waals surface area contributed by atoms with Crippen molar-refractivity contribution in [2.24, 2.45) is 0 Å². The van der Waals surface area contributed by atoms with Crippen LogP contribution in [0.25, 0.3) is 0 Å². The van der Waals surface area contributed by atoms with Crippen molar-refractivity contribution in [2.75, 3.05) is 40.0 Å². The molecule has 0 bridgehead atoms. The quantitative estimate of drug-likeness (QED) is 0.621. The first kappa shape index (κ1) is 15.2. The molecule has 0 spiro atoms. The summed E-state index contributed by atoms with van der Waals surface area (Å²) in [6.45, 7) is 2.53. The van der Waals surface area contributed by atoms with Gasteiger partial charge in [-0.15, -0.1) is 0 Å². The Kier molecular flexibility index (Phi) is 6.07. The van der Waals surface area contributed by atoms with Crippen LogP contribution in [0.4, 0.5) is 4.79 Å². The Morgan fingerprint density at radius 2 is 2.16 bits per heavy atom. The average molecular weight is 273 g/mol. The van der Waals surface area contributed by atoms with Gasteiger partial charge in [-0.05, 0) is 6.92 Å². The largest absolute Gasteiger partial charge is 0.465 e. The molecule has 0 aromatic heterocycles. The third-order valence-electron chi connectivity index (χ3n) is 2.63. The van der Waals surface area contributed by atoms with Gasteiger partial charge in [0, 0.05) is 13.6 Å². The fourth-order valence-electron chi connectivity index (χ4n) is 1.69. The molecule has 0 radical (unpaired) electrons. The first-order chi connectivity index (χ1) is 9.10. The Labute approximate surface area is 111 Å². The van der Waals surface area contributed by atoms with E-state index in [0.717, 1.165) is 0 Å². The van der Waals surface area contributed by atoms with Gasteiger partial charge in [0.15, 0.2) is 0 Å². The Morgan fingerprint density at radius 1 is 1.42 bits per heavy atom. The van der Waals surface area contributed by atoms with E-state index in [-0.39, 0.29) is 25.7 Å². The van der Waals surface area contributed by atoms with Gasteiger partial charge in [0.25, 0.3) is 0 Å². The van der Waals surface area contributed by atoms with Gasteiger partial charge in [0.2, 0.25) is 5.91 Å². The molecule has 8 heteroatoms. The summed E-state index contributed by atoms with van der Waals surface area (Å²) in [5, 5.41) is 4.90. The number of nitrogens with zero attached hydrogens (tertiary/aromatic N) is 1. The van der Waals surface area contributed by atoms with Gasteiger partial charge in [-0.2, -0.15) is 0 Å². The van der Waals surface area contributed by atoms with Gasteiger partial charge < -0.3 is 25.0 Å². The summed E-state index contributed by atoms with van der Waals surface area (Å²) in [6.07, 6.45) is 0. The zero-order valence-corrected chi connectivity index (χ0v) is 11.1. The molecular formula is C11H19N3O5. The number of morpholine rings is 1. The lowest BCUT2D eigenvalue weighted by molar-refractivity contribution is -0.141. The second-order valence-corrected chi connectivity index (χ2v) is 3.86. The first-order valence-corrected chi connectivity index (χ1v) is 6.09. The second-order valence-electron chi connectivity index (χ2n) is 3.86. The van der Waals surface area contributed by atoms with E-state index >= 15 is 0 Å². The summed E-state index contributed by atoms with van der Waals surface area (Å²) < 4.78 is 9.87. The normalized spacial score (nSPS) is 18.6. The van der Waals surface area contributed by atoms with Crippen molar-refractivity contribution < 1.29 is 23.9 Å². The fraction of sp³-hybridized carbons (Fsp3) is 0.727. The van der Waals surface area contributed by atoms with E-state index in [9.17, 15) is 14.4 Å². The third-order valence-corrected chi connectivity index (χ3v) is 2.63. The number of nitrogens with one attached hydrogen (secondary N) is 2. The predicted molar refractivity (Wildman–Crippen MR) is 65.4 cm³/mol. The van der Waals surface area contributed by atoms with Crippen LogP contribution in [0.2, 0.25) is 0 Å². The van der Waals surface area contributed by atoms with Crippen LogP contribution in [-0.4, -0.2) is 68.8 Å². The molecule has 19 heavy (non-hydrogen) atoms. The van der Waals surface area contributed by atoms with Crippen LogP contribution in [0.15, 0.2) is 0 Å². The predicted octanol–water partition coefficient (Wildman–Crippen LogP) is -1.29. The van der Waals surface area contributed by atoms with Gasteiger partial charge >= 0.3 is 12.0 Å². The maximum Gasteiger partial charge on any atom is 0.325 e. The van der Waals surface area contributed by atoms with Crippen LogP contribution >= 0.6 is 0 Å². The number of esters is 1. The number of carbonyl (C=O) groups is 3. The van der Waals surface area contributed by atoms with E-state index in [1.54, 1.807) is 6.92 Å². The molecular weight excluding hydrogens is 254 g/mol. The molecule has 1 heterocycles. The molecule has 3 amide bonds. The Hall–Kier alpha value is -1.83. The minimum atomic E-state index is -0.680. The molecule has 0 saturated carbocycles. The maximum absolute atomic E-state index is 11.9. The molecule has 1 rings (SSSR count). The van der Waals surface area contributed by atoms with Crippen LogP contribution in [-0.2, 0) is 19.1 Å². The number of urea groups is 1. The van der Waals surface area contributed by atoms with Crippen LogP contribution in [0.3, 0.4) is 0 Å². The SMILES string of the molecule is CCOC(=O)CNC(=O)N1CCOCC1C(=O)NC. The molecule has 0 aliphatic carbocycles. The van der Waals surface area contributed by atoms with Crippen LogP contribution < -0.4 is 10.6 Å². The summed E-state index contributed by atoms with van der Waals surface area (Å²) in [7, 11) is 1.49.